The van der Waals surface area contributed by atoms with Crippen LogP contribution >= 0.6 is 0 Å². The fourth-order valence-electron chi connectivity index (χ4n) is 1.96. The molecule has 0 saturated heterocycles. The number of hydrogen-bond acceptors (Lipinski definition) is 2. The largest absolute Gasteiger partial charge is 0.348 e. The Kier molecular flexibility index (Phi) is 3.14. The van der Waals surface area contributed by atoms with Gasteiger partial charge >= 0.3 is 0 Å². The van der Waals surface area contributed by atoms with Crippen LogP contribution in [0, 0.1) is 5.82 Å². The molecule has 94 valence electrons. The van der Waals surface area contributed by atoms with E-state index in [9.17, 15) is 14.0 Å². The monoisotopic (exact) mass is 248 g/mol. The third-order valence-corrected chi connectivity index (χ3v) is 2.77. The molecule has 1 heterocycles. The van der Waals surface area contributed by atoms with Gasteiger partial charge in [0.05, 0.1) is 11.3 Å². The molecule has 2 amide bonds. The summed E-state index contributed by atoms with van der Waals surface area (Å²) in [5.74, 6) is -1.15. The van der Waals surface area contributed by atoms with Crippen molar-refractivity contribution in [3.8, 4) is 0 Å². The Labute approximate surface area is 104 Å². The van der Waals surface area contributed by atoms with Crippen molar-refractivity contribution in [1.29, 1.82) is 0 Å². The van der Waals surface area contributed by atoms with Crippen molar-refractivity contribution in [2.75, 3.05) is 11.4 Å². The van der Waals surface area contributed by atoms with Gasteiger partial charge in [0.15, 0.2) is 0 Å². The van der Waals surface area contributed by atoms with Gasteiger partial charge in [-0.25, -0.2) is 4.39 Å². The summed E-state index contributed by atoms with van der Waals surface area (Å²) in [6, 6.07) is 3.55. The maximum atomic E-state index is 13.3. The number of carbonyl (C=O) groups excluding carboxylic acids is 2. The number of nitrogens with zero attached hydrogens (tertiary/aromatic N) is 1. The number of anilines is 1. The predicted octanol–water partition coefficient (Wildman–Crippen LogP) is 1.48. The molecule has 1 aromatic carbocycles. The number of rotatable bonds is 1. The lowest BCUT2D eigenvalue weighted by Crippen LogP contribution is -2.40. The van der Waals surface area contributed by atoms with Gasteiger partial charge in [0.1, 0.15) is 5.82 Å². The lowest BCUT2D eigenvalue weighted by atomic mass is 10.1. The number of nitrogens with one attached hydrogen (secondary N) is 1. The second-order valence-electron chi connectivity index (χ2n) is 4.19. The number of carbonyl (C=O) groups is 2. The molecule has 0 aliphatic carbocycles. The number of hydrogen-bond donors (Lipinski definition) is 1. The summed E-state index contributed by atoms with van der Waals surface area (Å²) in [5, 5.41) is 2.74. The molecule has 5 heteroatoms. The van der Waals surface area contributed by atoms with E-state index < -0.39 is 5.82 Å². The van der Waals surface area contributed by atoms with Crippen molar-refractivity contribution in [3.63, 3.8) is 0 Å². The number of halogens is 1. The van der Waals surface area contributed by atoms with Crippen LogP contribution in [0.3, 0.4) is 0 Å². The molecule has 0 bridgehead atoms. The zero-order valence-corrected chi connectivity index (χ0v) is 9.94. The van der Waals surface area contributed by atoms with Crippen molar-refractivity contribution in [2.24, 2.45) is 0 Å². The van der Waals surface area contributed by atoms with Crippen LogP contribution in [-0.2, 0) is 4.79 Å². The van der Waals surface area contributed by atoms with E-state index in [4.69, 9.17) is 0 Å². The number of benzene rings is 1. The van der Waals surface area contributed by atoms with Gasteiger partial charge in [0.2, 0.25) is 5.91 Å². The second kappa shape index (κ2) is 4.60. The standard InChI is InChI=1S/C13H13FN2O2/c1-3-12(17)16-7-8(2)15-13(18)10-5-4-9(14)6-11(10)16/h3-6,8H,1,7H2,2H3,(H,15,18). The molecule has 1 aliphatic heterocycles. The maximum Gasteiger partial charge on any atom is 0.253 e. The summed E-state index contributed by atoms with van der Waals surface area (Å²) in [4.78, 5) is 25.0. The van der Waals surface area contributed by atoms with E-state index in [0.29, 0.717) is 0 Å². The third-order valence-electron chi connectivity index (χ3n) is 2.77. The molecule has 1 unspecified atom stereocenters. The van der Waals surface area contributed by atoms with Crippen LogP contribution in [0.4, 0.5) is 10.1 Å². The van der Waals surface area contributed by atoms with E-state index in [1.807, 2.05) is 0 Å². The summed E-state index contributed by atoms with van der Waals surface area (Å²) in [7, 11) is 0. The van der Waals surface area contributed by atoms with Gasteiger partial charge in [-0.2, -0.15) is 0 Å². The van der Waals surface area contributed by atoms with Gasteiger partial charge in [-0.15, -0.1) is 0 Å². The zero-order chi connectivity index (χ0) is 13.3. The van der Waals surface area contributed by atoms with Gasteiger partial charge in [-0.05, 0) is 31.2 Å². The Balaban J connectivity index is 2.57. The highest BCUT2D eigenvalue weighted by Crippen LogP contribution is 2.25. The highest BCUT2D eigenvalue weighted by molar-refractivity contribution is 6.08. The van der Waals surface area contributed by atoms with Crippen molar-refractivity contribution in [1.82, 2.24) is 5.32 Å². The summed E-state index contributed by atoms with van der Waals surface area (Å²) in [6.07, 6.45) is 1.15. The normalized spacial score (nSPS) is 18.7. The molecule has 4 nitrogen and oxygen atoms in total. The molecule has 0 saturated carbocycles. The molecule has 0 spiro atoms. The van der Waals surface area contributed by atoms with Crippen LogP contribution in [0.1, 0.15) is 17.3 Å². The fourth-order valence-corrected chi connectivity index (χ4v) is 1.96. The van der Waals surface area contributed by atoms with Gasteiger partial charge in [0.25, 0.3) is 5.91 Å². The number of fused-ring (bicyclic) bond motifs is 1. The van der Waals surface area contributed by atoms with Gasteiger partial charge in [-0.3, -0.25) is 9.59 Å². The Morgan fingerprint density at radius 3 is 3.00 bits per heavy atom. The smallest absolute Gasteiger partial charge is 0.253 e. The lowest BCUT2D eigenvalue weighted by molar-refractivity contribution is -0.114. The van der Waals surface area contributed by atoms with Crippen LogP contribution < -0.4 is 10.2 Å². The Hall–Kier alpha value is -2.17. The Morgan fingerprint density at radius 2 is 2.33 bits per heavy atom. The van der Waals surface area contributed by atoms with Crippen molar-refractivity contribution in [3.05, 3.63) is 42.2 Å². The second-order valence-corrected chi connectivity index (χ2v) is 4.19. The first kappa shape index (κ1) is 12.3. The first-order valence-corrected chi connectivity index (χ1v) is 5.57. The SMILES string of the molecule is C=CC(=O)N1CC(C)NC(=O)c2ccc(F)cc21. The summed E-state index contributed by atoms with van der Waals surface area (Å²) >= 11 is 0. The highest BCUT2D eigenvalue weighted by Gasteiger charge is 2.27. The average molecular weight is 248 g/mol. The molecular weight excluding hydrogens is 235 g/mol. The molecule has 1 N–H and O–H groups in total. The molecule has 0 fully saturated rings. The van der Waals surface area contributed by atoms with E-state index in [1.165, 1.54) is 23.1 Å². The molecule has 1 aromatic rings. The molecule has 1 aliphatic rings. The van der Waals surface area contributed by atoms with Gasteiger partial charge in [0, 0.05) is 12.6 Å². The molecule has 2 rings (SSSR count). The van der Waals surface area contributed by atoms with E-state index in [1.54, 1.807) is 6.92 Å². The van der Waals surface area contributed by atoms with Crippen molar-refractivity contribution >= 4 is 17.5 Å². The van der Waals surface area contributed by atoms with Crippen molar-refractivity contribution < 1.29 is 14.0 Å². The quantitative estimate of drug-likeness (QED) is 0.765. The molecule has 0 radical (unpaired) electrons. The van der Waals surface area contributed by atoms with E-state index in [0.717, 1.165) is 6.08 Å². The zero-order valence-electron chi connectivity index (χ0n) is 9.94. The maximum absolute atomic E-state index is 13.3. The van der Waals surface area contributed by atoms with E-state index >= 15 is 0 Å². The minimum atomic E-state index is -0.488. The summed E-state index contributed by atoms with van der Waals surface area (Å²) in [6.45, 7) is 5.48. The topological polar surface area (TPSA) is 49.4 Å². The first-order valence-electron chi connectivity index (χ1n) is 5.57. The molecule has 18 heavy (non-hydrogen) atoms. The molecular formula is C13H13FN2O2. The molecule has 1 atom stereocenters. The van der Waals surface area contributed by atoms with Crippen LogP contribution in [-0.4, -0.2) is 24.4 Å². The van der Waals surface area contributed by atoms with Crippen LogP contribution in [0.15, 0.2) is 30.9 Å². The van der Waals surface area contributed by atoms with Crippen LogP contribution in [0.25, 0.3) is 0 Å². The van der Waals surface area contributed by atoms with Crippen LogP contribution in [0.5, 0.6) is 0 Å². The van der Waals surface area contributed by atoms with Gasteiger partial charge < -0.3 is 10.2 Å². The minimum absolute atomic E-state index is 0.211. The lowest BCUT2D eigenvalue weighted by Gasteiger charge is -2.22. The minimum Gasteiger partial charge on any atom is -0.348 e. The molecule has 0 aromatic heterocycles. The predicted molar refractivity (Wildman–Crippen MR) is 65.9 cm³/mol. The Bertz CT molecular complexity index is 528. The van der Waals surface area contributed by atoms with Crippen LogP contribution in [0.2, 0.25) is 0 Å². The third kappa shape index (κ3) is 2.11. The first-order chi connectivity index (χ1) is 8.52. The summed E-state index contributed by atoms with van der Waals surface area (Å²) in [5.41, 5.74) is 0.567. The fraction of sp³-hybridized carbons (Fsp3) is 0.231. The number of amides is 2. The van der Waals surface area contributed by atoms with Crippen molar-refractivity contribution in [2.45, 2.75) is 13.0 Å². The summed E-state index contributed by atoms with van der Waals surface area (Å²) < 4.78 is 13.3. The Morgan fingerprint density at radius 1 is 1.61 bits per heavy atom. The average Bonchev–Trinajstić information content (AvgIpc) is 2.45. The van der Waals surface area contributed by atoms with E-state index in [2.05, 4.69) is 11.9 Å². The van der Waals surface area contributed by atoms with E-state index in [-0.39, 0.29) is 35.7 Å². The highest BCUT2D eigenvalue weighted by atomic mass is 19.1. The van der Waals surface area contributed by atoms with Gasteiger partial charge in [-0.1, -0.05) is 6.58 Å².